The fourth-order valence-corrected chi connectivity index (χ4v) is 3.10. The molecule has 1 aromatic rings. The summed E-state index contributed by atoms with van der Waals surface area (Å²) in [4.78, 5) is 13.4. The molecular weight excluding hydrogens is 240 g/mol. The van der Waals surface area contributed by atoms with Crippen molar-refractivity contribution < 1.29 is 9.90 Å². The van der Waals surface area contributed by atoms with Crippen LogP contribution in [0.15, 0.2) is 0 Å². The van der Waals surface area contributed by atoms with Gasteiger partial charge in [0.05, 0.1) is 12.6 Å². The quantitative estimate of drug-likeness (QED) is 0.715. The Bertz CT molecular complexity index is 420. The lowest BCUT2D eigenvalue weighted by atomic mass is 10.0. The lowest BCUT2D eigenvalue weighted by molar-refractivity contribution is 0.100. The van der Waals surface area contributed by atoms with Crippen LogP contribution in [0.25, 0.3) is 0 Å². The Morgan fingerprint density at radius 2 is 2.35 bits per heavy atom. The van der Waals surface area contributed by atoms with Crippen LogP contribution in [0, 0.1) is 0 Å². The molecule has 1 fully saturated rings. The Hall–Kier alpha value is -1.34. The molecule has 0 radical (unpaired) electrons. The summed E-state index contributed by atoms with van der Waals surface area (Å²) >= 11 is 1.17. The molecule has 2 heterocycles. The Morgan fingerprint density at radius 3 is 3.00 bits per heavy atom. The van der Waals surface area contributed by atoms with Crippen LogP contribution in [0.1, 0.15) is 29.6 Å². The maximum atomic E-state index is 11.4. The number of aliphatic hydroxyl groups excluding tert-OH is 1. The van der Waals surface area contributed by atoms with Crippen molar-refractivity contribution in [1.29, 1.82) is 0 Å². The number of nitrogens with zero attached hydrogens (tertiary/aromatic N) is 2. The molecule has 17 heavy (non-hydrogen) atoms. The van der Waals surface area contributed by atoms with Gasteiger partial charge in [0.25, 0.3) is 5.91 Å². The molecule has 1 aromatic heterocycles. The molecule has 0 saturated carbocycles. The molecule has 0 aromatic carbocycles. The first-order valence-corrected chi connectivity index (χ1v) is 6.35. The van der Waals surface area contributed by atoms with Crippen molar-refractivity contribution in [3.05, 3.63) is 5.56 Å². The first-order chi connectivity index (χ1) is 8.15. The Balaban J connectivity index is 2.35. The van der Waals surface area contributed by atoms with E-state index in [0.717, 1.165) is 25.8 Å². The number of nitrogens with two attached hydrogens (primary N) is 2. The molecule has 2 rings (SSSR count). The number of carbonyl (C=O) groups is 1. The maximum Gasteiger partial charge on any atom is 0.255 e. The normalized spacial score (nSPS) is 20.5. The van der Waals surface area contributed by atoms with Crippen molar-refractivity contribution in [1.82, 2.24) is 4.37 Å². The van der Waals surface area contributed by atoms with E-state index in [0.29, 0.717) is 5.00 Å². The average molecular weight is 256 g/mol. The number of aliphatic hydroxyl groups is 1. The van der Waals surface area contributed by atoms with Crippen molar-refractivity contribution >= 4 is 28.3 Å². The number of hydrogen-bond donors (Lipinski definition) is 3. The summed E-state index contributed by atoms with van der Waals surface area (Å²) in [6.45, 7) is 0.864. The second kappa shape index (κ2) is 4.89. The molecule has 1 aliphatic heterocycles. The van der Waals surface area contributed by atoms with Gasteiger partial charge in [-0.25, -0.2) is 0 Å². The van der Waals surface area contributed by atoms with Gasteiger partial charge in [-0.3, -0.25) is 4.79 Å². The van der Waals surface area contributed by atoms with Gasteiger partial charge in [0.15, 0.2) is 5.82 Å². The van der Waals surface area contributed by atoms with E-state index >= 15 is 0 Å². The monoisotopic (exact) mass is 256 g/mol. The number of piperidine rings is 1. The zero-order valence-electron chi connectivity index (χ0n) is 9.43. The van der Waals surface area contributed by atoms with Gasteiger partial charge in [0, 0.05) is 6.54 Å². The van der Waals surface area contributed by atoms with E-state index in [1.807, 2.05) is 4.90 Å². The lowest BCUT2D eigenvalue weighted by Gasteiger charge is -2.35. The van der Waals surface area contributed by atoms with Gasteiger partial charge in [0.2, 0.25) is 0 Å². The van der Waals surface area contributed by atoms with E-state index in [9.17, 15) is 9.90 Å². The van der Waals surface area contributed by atoms with Gasteiger partial charge in [-0.1, -0.05) is 0 Å². The number of hydrogen-bond acceptors (Lipinski definition) is 6. The van der Waals surface area contributed by atoms with Crippen LogP contribution < -0.4 is 16.4 Å². The van der Waals surface area contributed by atoms with E-state index in [1.54, 1.807) is 0 Å². The van der Waals surface area contributed by atoms with E-state index in [4.69, 9.17) is 11.5 Å². The van der Waals surface area contributed by atoms with Gasteiger partial charge in [-0.15, -0.1) is 0 Å². The topological polar surface area (TPSA) is 105 Å². The summed E-state index contributed by atoms with van der Waals surface area (Å²) in [5.74, 6) is -0.381. The maximum absolute atomic E-state index is 11.4. The second-order valence-corrected chi connectivity index (χ2v) is 4.89. The van der Waals surface area contributed by atoms with Crippen LogP contribution >= 0.6 is 11.5 Å². The third kappa shape index (κ3) is 2.20. The summed E-state index contributed by atoms with van der Waals surface area (Å²) in [6, 6.07) is 0.0294. The highest BCUT2D eigenvalue weighted by Gasteiger charge is 2.28. The minimum Gasteiger partial charge on any atom is -0.394 e. The molecule has 94 valence electrons. The zero-order valence-corrected chi connectivity index (χ0v) is 10.2. The third-order valence-corrected chi connectivity index (χ3v) is 3.95. The number of aromatic nitrogens is 1. The van der Waals surface area contributed by atoms with Crippen LogP contribution in [0.3, 0.4) is 0 Å². The first kappa shape index (κ1) is 12.1. The van der Waals surface area contributed by atoms with Crippen molar-refractivity contribution in [3.63, 3.8) is 0 Å². The molecule has 0 aliphatic carbocycles. The summed E-state index contributed by atoms with van der Waals surface area (Å²) in [6.07, 6.45) is 3.03. The van der Waals surface area contributed by atoms with Crippen LogP contribution in [-0.4, -0.2) is 34.6 Å². The standard InChI is InChI=1S/C10H16N4O2S/c11-8-7(9(12)16)10(17-13-8)14-4-2-1-3-6(14)5-15/h6,15H,1-5H2,(H2,11,13)(H2,12,16). The van der Waals surface area contributed by atoms with E-state index in [-0.39, 0.29) is 24.0 Å². The molecular formula is C10H16N4O2S. The molecule has 1 unspecified atom stereocenters. The van der Waals surface area contributed by atoms with Crippen LogP contribution in [0.4, 0.5) is 10.8 Å². The van der Waals surface area contributed by atoms with Crippen LogP contribution in [0.5, 0.6) is 0 Å². The summed E-state index contributed by atoms with van der Waals surface area (Å²) in [7, 11) is 0. The van der Waals surface area contributed by atoms with Crippen molar-refractivity contribution in [2.75, 3.05) is 23.8 Å². The van der Waals surface area contributed by atoms with Crippen LogP contribution in [0.2, 0.25) is 0 Å². The Morgan fingerprint density at radius 1 is 1.59 bits per heavy atom. The Labute approximate surface area is 103 Å². The molecule has 1 saturated heterocycles. The number of amides is 1. The SMILES string of the molecule is NC(=O)c1c(N)nsc1N1CCCCC1CO. The molecule has 6 nitrogen and oxygen atoms in total. The summed E-state index contributed by atoms with van der Waals surface area (Å²) in [5.41, 5.74) is 11.2. The van der Waals surface area contributed by atoms with Gasteiger partial charge >= 0.3 is 0 Å². The van der Waals surface area contributed by atoms with E-state index in [1.165, 1.54) is 11.5 Å². The van der Waals surface area contributed by atoms with Gasteiger partial charge in [0.1, 0.15) is 10.6 Å². The third-order valence-electron chi connectivity index (χ3n) is 3.05. The summed E-state index contributed by atoms with van der Waals surface area (Å²) < 4.78 is 3.98. The van der Waals surface area contributed by atoms with Gasteiger partial charge < -0.3 is 21.5 Å². The number of nitrogen functional groups attached to an aromatic ring is 1. The van der Waals surface area contributed by atoms with Crippen molar-refractivity contribution in [3.8, 4) is 0 Å². The molecule has 5 N–H and O–H groups in total. The number of carbonyl (C=O) groups excluding carboxylic acids is 1. The number of anilines is 2. The average Bonchev–Trinajstić information content (AvgIpc) is 2.71. The highest BCUT2D eigenvalue weighted by molar-refractivity contribution is 7.11. The molecule has 1 aliphatic rings. The fourth-order valence-electron chi connectivity index (χ4n) is 2.18. The molecule has 1 atom stereocenters. The highest BCUT2D eigenvalue weighted by atomic mass is 32.1. The van der Waals surface area contributed by atoms with Crippen molar-refractivity contribution in [2.45, 2.75) is 25.3 Å². The smallest absolute Gasteiger partial charge is 0.255 e. The highest BCUT2D eigenvalue weighted by Crippen LogP contribution is 2.34. The molecule has 1 amide bonds. The molecule has 0 spiro atoms. The number of primary amides is 1. The van der Waals surface area contributed by atoms with Crippen LogP contribution in [-0.2, 0) is 0 Å². The minimum absolute atomic E-state index is 0.0294. The van der Waals surface area contributed by atoms with Gasteiger partial charge in [-0.05, 0) is 30.8 Å². The molecule has 0 bridgehead atoms. The fraction of sp³-hybridized carbons (Fsp3) is 0.600. The Kier molecular flexibility index (Phi) is 3.49. The predicted octanol–water partition coefficient (Wildman–Crippen LogP) is 0.175. The minimum atomic E-state index is -0.562. The lowest BCUT2D eigenvalue weighted by Crippen LogP contribution is -2.42. The summed E-state index contributed by atoms with van der Waals surface area (Å²) in [5, 5.41) is 10.0. The van der Waals surface area contributed by atoms with E-state index < -0.39 is 5.91 Å². The van der Waals surface area contributed by atoms with Gasteiger partial charge in [-0.2, -0.15) is 4.37 Å². The second-order valence-electron chi connectivity index (χ2n) is 4.14. The largest absolute Gasteiger partial charge is 0.394 e. The zero-order chi connectivity index (χ0) is 12.4. The van der Waals surface area contributed by atoms with Crippen molar-refractivity contribution in [2.24, 2.45) is 5.73 Å². The first-order valence-electron chi connectivity index (χ1n) is 5.57. The predicted molar refractivity (Wildman–Crippen MR) is 67.1 cm³/mol. The van der Waals surface area contributed by atoms with E-state index in [2.05, 4.69) is 4.37 Å². The number of rotatable bonds is 3. The molecule has 7 heteroatoms.